The van der Waals surface area contributed by atoms with Gasteiger partial charge in [-0.25, -0.2) is 0 Å². The first-order chi connectivity index (χ1) is 6.06. The number of nitrogens with zero attached hydrogens (tertiary/aromatic N) is 1. The molecule has 0 aromatic carbocycles. The van der Waals surface area contributed by atoms with Gasteiger partial charge in [0.2, 0.25) is 0 Å². The molecule has 0 rings (SSSR count). The molecule has 0 bridgehead atoms. The van der Waals surface area contributed by atoms with Crippen LogP contribution in [0.4, 0.5) is 0 Å². The van der Waals surface area contributed by atoms with Gasteiger partial charge >= 0.3 is 0 Å². The van der Waals surface area contributed by atoms with E-state index in [0.717, 1.165) is 25.9 Å². The maximum atomic E-state index is 8.31. The van der Waals surface area contributed by atoms with E-state index in [1.807, 2.05) is 0 Å². The van der Waals surface area contributed by atoms with Crippen molar-refractivity contribution in [3.8, 4) is 6.07 Å². The summed E-state index contributed by atoms with van der Waals surface area (Å²) in [6.45, 7) is 8.91. The molecule has 0 aromatic rings. The zero-order chi connectivity index (χ0) is 10.2. The van der Waals surface area contributed by atoms with Crippen LogP contribution in [0.5, 0.6) is 0 Å². The summed E-state index contributed by atoms with van der Waals surface area (Å²) in [5.74, 6) is 0. The average molecular weight is 182 g/mol. The summed E-state index contributed by atoms with van der Waals surface area (Å²) in [5.41, 5.74) is 0.430. The smallest absolute Gasteiger partial charge is 0.0621 e. The summed E-state index contributed by atoms with van der Waals surface area (Å²) in [6.07, 6.45) is 4.06. The van der Waals surface area contributed by atoms with Gasteiger partial charge in [0.25, 0.3) is 0 Å². The van der Waals surface area contributed by atoms with Gasteiger partial charge in [0.05, 0.1) is 6.07 Å². The molecule has 0 atom stereocenters. The highest BCUT2D eigenvalue weighted by Gasteiger charge is 2.08. The van der Waals surface area contributed by atoms with E-state index in [4.69, 9.17) is 5.26 Å². The van der Waals surface area contributed by atoms with Crippen LogP contribution in [-0.4, -0.2) is 13.1 Å². The Labute approximate surface area is 82.3 Å². The van der Waals surface area contributed by atoms with Gasteiger partial charge in [-0.15, -0.1) is 0 Å². The number of hydrogen-bond acceptors (Lipinski definition) is 2. The highest BCUT2D eigenvalue weighted by Crippen LogP contribution is 2.16. The molecule has 0 unspecified atom stereocenters. The first-order valence-electron chi connectivity index (χ1n) is 5.14. The van der Waals surface area contributed by atoms with E-state index in [-0.39, 0.29) is 0 Å². The molecule has 0 radical (unpaired) electrons. The first-order valence-corrected chi connectivity index (χ1v) is 5.14. The quantitative estimate of drug-likeness (QED) is 0.641. The predicted octanol–water partition coefficient (Wildman–Crippen LogP) is 2.71. The van der Waals surface area contributed by atoms with Gasteiger partial charge in [-0.2, -0.15) is 5.26 Å². The van der Waals surface area contributed by atoms with Crippen LogP contribution in [0.25, 0.3) is 0 Å². The zero-order valence-electron chi connectivity index (χ0n) is 9.19. The van der Waals surface area contributed by atoms with Crippen molar-refractivity contribution in [2.45, 2.75) is 46.5 Å². The van der Waals surface area contributed by atoms with Gasteiger partial charge in [-0.3, -0.25) is 0 Å². The van der Waals surface area contributed by atoms with Crippen LogP contribution in [-0.2, 0) is 0 Å². The molecule has 0 aliphatic rings. The Morgan fingerprint density at radius 1 is 1.15 bits per heavy atom. The fraction of sp³-hybridized carbons (Fsp3) is 0.909. The Balaban J connectivity index is 3.05. The molecular formula is C11H22N2. The molecule has 0 amide bonds. The van der Waals surface area contributed by atoms with Gasteiger partial charge in [-0.05, 0) is 37.8 Å². The van der Waals surface area contributed by atoms with Crippen LogP contribution in [0.1, 0.15) is 46.5 Å². The summed E-state index contributed by atoms with van der Waals surface area (Å²) in [6, 6.07) is 2.16. The maximum absolute atomic E-state index is 8.31. The number of hydrogen-bond donors (Lipinski definition) is 1. The second-order valence-electron chi connectivity index (χ2n) is 4.68. The predicted molar refractivity (Wildman–Crippen MR) is 56.4 cm³/mol. The van der Waals surface area contributed by atoms with Crippen LogP contribution >= 0.6 is 0 Å². The number of rotatable bonds is 6. The average Bonchev–Trinajstić information content (AvgIpc) is 2.01. The van der Waals surface area contributed by atoms with E-state index >= 15 is 0 Å². The molecular weight excluding hydrogens is 160 g/mol. The third-order valence-electron chi connectivity index (χ3n) is 1.94. The van der Waals surface area contributed by atoms with E-state index in [2.05, 4.69) is 32.2 Å². The van der Waals surface area contributed by atoms with Crippen LogP contribution in [0.2, 0.25) is 0 Å². The lowest BCUT2D eigenvalue weighted by atomic mass is 9.92. The summed E-state index contributed by atoms with van der Waals surface area (Å²) in [4.78, 5) is 0. The van der Waals surface area contributed by atoms with E-state index in [1.54, 1.807) is 0 Å². The summed E-state index contributed by atoms with van der Waals surface area (Å²) >= 11 is 0. The van der Waals surface area contributed by atoms with Gasteiger partial charge in [0.1, 0.15) is 0 Å². The molecule has 13 heavy (non-hydrogen) atoms. The number of unbranched alkanes of at least 4 members (excludes halogenated alkanes) is 2. The van der Waals surface area contributed by atoms with Gasteiger partial charge < -0.3 is 5.32 Å². The van der Waals surface area contributed by atoms with Gasteiger partial charge in [0.15, 0.2) is 0 Å². The number of nitrogens with one attached hydrogen (secondary N) is 1. The molecule has 0 saturated carbocycles. The van der Waals surface area contributed by atoms with Crippen molar-refractivity contribution in [1.82, 2.24) is 5.32 Å². The highest BCUT2D eigenvalue weighted by atomic mass is 14.8. The zero-order valence-corrected chi connectivity index (χ0v) is 9.19. The van der Waals surface area contributed by atoms with Gasteiger partial charge in [-0.1, -0.05) is 20.8 Å². The Bertz CT molecular complexity index is 150. The summed E-state index contributed by atoms with van der Waals surface area (Å²) in [7, 11) is 0. The van der Waals surface area contributed by atoms with Gasteiger partial charge in [0, 0.05) is 6.42 Å². The van der Waals surface area contributed by atoms with E-state index in [9.17, 15) is 0 Å². The Kier molecular flexibility index (Phi) is 6.62. The van der Waals surface area contributed by atoms with Crippen molar-refractivity contribution >= 4 is 0 Å². The maximum Gasteiger partial charge on any atom is 0.0621 e. The molecule has 0 aromatic heterocycles. The molecule has 76 valence electrons. The lowest BCUT2D eigenvalue weighted by molar-refractivity contribution is 0.366. The van der Waals surface area contributed by atoms with Crippen molar-refractivity contribution in [1.29, 1.82) is 5.26 Å². The summed E-state index contributed by atoms with van der Waals surface area (Å²) in [5, 5.41) is 11.7. The molecule has 0 saturated heterocycles. The fourth-order valence-electron chi connectivity index (χ4n) is 1.04. The van der Waals surface area contributed by atoms with Crippen molar-refractivity contribution in [3.63, 3.8) is 0 Å². The fourth-order valence-corrected chi connectivity index (χ4v) is 1.04. The normalized spacial score (nSPS) is 11.2. The van der Waals surface area contributed by atoms with Crippen LogP contribution in [0, 0.1) is 16.7 Å². The largest absolute Gasteiger partial charge is 0.317 e. The lowest BCUT2D eigenvalue weighted by Crippen LogP contribution is -2.21. The topological polar surface area (TPSA) is 35.8 Å². The van der Waals surface area contributed by atoms with Crippen LogP contribution in [0.15, 0.2) is 0 Å². The second kappa shape index (κ2) is 6.91. The third kappa shape index (κ3) is 11.5. The minimum absolute atomic E-state index is 0.430. The molecule has 0 aliphatic carbocycles. The molecule has 0 fully saturated rings. The van der Waals surface area contributed by atoms with Crippen molar-refractivity contribution in [3.05, 3.63) is 0 Å². The second-order valence-corrected chi connectivity index (χ2v) is 4.68. The molecule has 0 spiro atoms. The third-order valence-corrected chi connectivity index (χ3v) is 1.94. The Hall–Kier alpha value is -0.550. The van der Waals surface area contributed by atoms with E-state index < -0.39 is 0 Å². The van der Waals surface area contributed by atoms with Crippen molar-refractivity contribution in [2.75, 3.05) is 13.1 Å². The standard InChI is InChI=1S/C11H22N2/c1-11(2,3)7-10-13-9-6-4-5-8-12/h13H,4-7,9-10H2,1-3H3. The van der Waals surface area contributed by atoms with E-state index in [1.165, 1.54) is 6.42 Å². The molecule has 2 nitrogen and oxygen atoms in total. The molecule has 0 heterocycles. The Morgan fingerprint density at radius 3 is 2.38 bits per heavy atom. The van der Waals surface area contributed by atoms with E-state index in [0.29, 0.717) is 11.8 Å². The van der Waals surface area contributed by atoms with Crippen LogP contribution < -0.4 is 5.32 Å². The molecule has 2 heteroatoms. The lowest BCUT2D eigenvalue weighted by Gasteiger charge is -2.17. The molecule has 0 aliphatic heterocycles. The molecule has 1 N–H and O–H groups in total. The minimum atomic E-state index is 0.430. The van der Waals surface area contributed by atoms with Crippen molar-refractivity contribution < 1.29 is 0 Å². The highest BCUT2D eigenvalue weighted by molar-refractivity contribution is 4.68. The minimum Gasteiger partial charge on any atom is -0.317 e. The SMILES string of the molecule is CC(C)(C)CCNCCCCC#N. The Morgan fingerprint density at radius 2 is 1.85 bits per heavy atom. The summed E-state index contributed by atoms with van der Waals surface area (Å²) < 4.78 is 0. The first kappa shape index (κ1) is 12.4. The van der Waals surface area contributed by atoms with Crippen molar-refractivity contribution in [2.24, 2.45) is 5.41 Å². The monoisotopic (exact) mass is 182 g/mol. The number of nitriles is 1. The van der Waals surface area contributed by atoms with Crippen LogP contribution in [0.3, 0.4) is 0 Å².